The molecule has 0 aliphatic carbocycles. The van der Waals surface area contributed by atoms with Crippen molar-refractivity contribution in [3.63, 3.8) is 0 Å². The highest BCUT2D eigenvalue weighted by atomic mass is 16.5. The molecule has 1 unspecified atom stereocenters. The van der Waals surface area contributed by atoms with E-state index in [1.54, 1.807) is 30.3 Å². The van der Waals surface area contributed by atoms with Gasteiger partial charge in [-0.3, -0.25) is 19.3 Å². The summed E-state index contributed by atoms with van der Waals surface area (Å²) in [6.07, 6.45) is 0. The number of likely N-dealkylation sites (N-methyl/N-ethyl adjacent to an activating group) is 1. The number of anilines is 1. The van der Waals surface area contributed by atoms with E-state index in [2.05, 4.69) is 0 Å². The molecule has 3 rings (SSSR count). The minimum atomic E-state index is -1.14. The number of benzene rings is 2. The molecule has 0 radical (unpaired) electrons. The molecule has 1 aliphatic heterocycles. The van der Waals surface area contributed by atoms with Crippen LogP contribution in [0.5, 0.6) is 0 Å². The van der Waals surface area contributed by atoms with Gasteiger partial charge in [-0.1, -0.05) is 29.8 Å². The molecular weight excluding hydrogens is 372 g/mol. The molecule has 0 bridgehead atoms. The van der Waals surface area contributed by atoms with E-state index >= 15 is 0 Å². The zero-order valence-corrected chi connectivity index (χ0v) is 16.5. The standard InChI is InChI=1S/C22H22N2O5/c1-4-23(16-8-6-5-7-9-16)19(25)13-29-22(28)15(3)24-20(26)17-11-10-14(2)12-18(17)21(24)27/h5-12,15H,4,13H2,1-3H3. The molecule has 0 fully saturated rings. The summed E-state index contributed by atoms with van der Waals surface area (Å²) in [5.41, 5.74) is 2.07. The van der Waals surface area contributed by atoms with Crippen molar-refractivity contribution < 1.29 is 23.9 Å². The number of hydrogen-bond donors (Lipinski definition) is 0. The van der Waals surface area contributed by atoms with Crippen molar-refractivity contribution in [2.24, 2.45) is 0 Å². The third-order valence-electron chi connectivity index (χ3n) is 4.82. The molecule has 2 aromatic rings. The average Bonchev–Trinajstić information content (AvgIpc) is 2.96. The van der Waals surface area contributed by atoms with Gasteiger partial charge < -0.3 is 9.64 Å². The molecule has 0 aromatic heterocycles. The van der Waals surface area contributed by atoms with Gasteiger partial charge in [-0.05, 0) is 45.0 Å². The second kappa shape index (κ2) is 8.26. The maximum absolute atomic E-state index is 12.6. The van der Waals surface area contributed by atoms with E-state index in [0.29, 0.717) is 12.2 Å². The highest BCUT2D eigenvalue weighted by Crippen LogP contribution is 2.26. The number of aryl methyl sites for hydroxylation is 1. The normalized spacial score (nSPS) is 13.8. The first kappa shape index (κ1) is 20.3. The molecule has 150 valence electrons. The van der Waals surface area contributed by atoms with Crippen molar-refractivity contribution in [1.82, 2.24) is 4.90 Å². The number of hydrogen-bond acceptors (Lipinski definition) is 5. The van der Waals surface area contributed by atoms with Gasteiger partial charge in [0.2, 0.25) is 0 Å². The van der Waals surface area contributed by atoms with Gasteiger partial charge in [0.05, 0.1) is 11.1 Å². The van der Waals surface area contributed by atoms with E-state index < -0.39 is 36.3 Å². The SMILES string of the molecule is CCN(C(=O)COC(=O)C(C)N1C(=O)c2ccc(C)cc2C1=O)c1ccccc1. The number of esters is 1. The summed E-state index contributed by atoms with van der Waals surface area (Å²) in [7, 11) is 0. The van der Waals surface area contributed by atoms with Crippen LogP contribution in [0.25, 0.3) is 0 Å². The number of para-hydroxylation sites is 1. The number of ether oxygens (including phenoxy) is 1. The highest BCUT2D eigenvalue weighted by Gasteiger charge is 2.41. The van der Waals surface area contributed by atoms with Gasteiger partial charge in [0.1, 0.15) is 6.04 Å². The van der Waals surface area contributed by atoms with Crippen molar-refractivity contribution in [1.29, 1.82) is 0 Å². The van der Waals surface area contributed by atoms with Gasteiger partial charge in [0.15, 0.2) is 6.61 Å². The van der Waals surface area contributed by atoms with E-state index in [9.17, 15) is 19.2 Å². The number of rotatable bonds is 6. The molecule has 7 nitrogen and oxygen atoms in total. The fourth-order valence-electron chi connectivity index (χ4n) is 3.27. The third-order valence-corrected chi connectivity index (χ3v) is 4.82. The molecule has 1 atom stereocenters. The smallest absolute Gasteiger partial charge is 0.329 e. The Balaban J connectivity index is 1.66. The zero-order valence-electron chi connectivity index (χ0n) is 16.5. The highest BCUT2D eigenvalue weighted by molar-refractivity contribution is 6.22. The van der Waals surface area contributed by atoms with Crippen LogP contribution in [0.15, 0.2) is 48.5 Å². The molecule has 0 saturated heterocycles. The fraction of sp³-hybridized carbons (Fsp3) is 0.273. The van der Waals surface area contributed by atoms with Crippen LogP contribution in [0.3, 0.4) is 0 Å². The average molecular weight is 394 g/mol. The number of imide groups is 1. The molecule has 29 heavy (non-hydrogen) atoms. The topological polar surface area (TPSA) is 84.0 Å². The number of nitrogens with zero attached hydrogens (tertiary/aromatic N) is 2. The van der Waals surface area contributed by atoms with Crippen LogP contribution in [-0.4, -0.2) is 47.8 Å². The van der Waals surface area contributed by atoms with Gasteiger partial charge in [0.25, 0.3) is 17.7 Å². The number of fused-ring (bicyclic) bond motifs is 1. The third kappa shape index (κ3) is 3.89. The maximum atomic E-state index is 12.6. The van der Waals surface area contributed by atoms with Crippen LogP contribution in [0.2, 0.25) is 0 Å². The lowest BCUT2D eigenvalue weighted by molar-refractivity contribution is -0.151. The lowest BCUT2D eigenvalue weighted by atomic mass is 10.1. The van der Waals surface area contributed by atoms with Crippen molar-refractivity contribution in [3.8, 4) is 0 Å². The lowest BCUT2D eigenvalue weighted by Crippen LogP contribution is -2.44. The summed E-state index contributed by atoms with van der Waals surface area (Å²) in [6, 6.07) is 12.8. The Morgan fingerprint density at radius 2 is 1.69 bits per heavy atom. The summed E-state index contributed by atoms with van der Waals surface area (Å²) >= 11 is 0. The van der Waals surface area contributed by atoms with Gasteiger partial charge >= 0.3 is 5.97 Å². The Labute approximate surface area is 168 Å². The molecule has 0 spiro atoms. The summed E-state index contributed by atoms with van der Waals surface area (Å²) < 4.78 is 5.13. The van der Waals surface area contributed by atoms with Crippen LogP contribution in [0.1, 0.15) is 40.1 Å². The Morgan fingerprint density at radius 1 is 1.03 bits per heavy atom. The Hall–Kier alpha value is -3.48. The first-order chi connectivity index (χ1) is 13.8. The summed E-state index contributed by atoms with van der Waals surface area (Å²) in [6.45, 7) is 4.98. The second-order valence-corrected chi connectivity index (χ2v) is 6.79. The van der Waals surface area contributed by atoms with Gasteiger partial charge in [-0.25, -0.2) is 4.79 Å². The minimum absolute atomic E-state index is 0.262. The van der Waals surface area contributed by atoms with E-state index in [4.69, 9.17) is 4.74 Å². The Bertz CT molecular complexity index is 970. The number of carbonyl (C=O) groups excluding carboxylic acids is 4. The molecule has 7 heteroatoms. The summed E-state index contributed by atoms with van der Waals surface area (Å²) in [5.74, 6) is -2.28. The quantitative estimate of drug-likeness (QED) is 0.555. The summed E-state index contributed by atoms with van der Waals surface area (Å²) in [5, 5.41) is 0. The lowest BCUT2D eigenvalue weighted by Gasteiger charge is -2.23. The zero-order chi connectivity index (χ0) is 21.1. The first-order valence-electron chi connectivity index (χ1n) is 9.35. The van der Waals surface area contributed by atoms with Gasteiger partial charge in [-0.2, -0.15) is 0 Å². The Kier molecular flexibility index (Phi) is 5.77. The van der Waals surface area contributed by atoms with Crippen LogP contribution in [-0.2, 0) is 14.3 Å². The fourth-order valence-corrected chi connectivity index (χ4v) is 3.27. The largest absolute Gasteiger partial charge is 0.454 e. The van der Waals surface area contributed by atoms with Crippen LogP contribution in [0, 0.1) is 6.92 Å². The molecule has 0 saturated carbocycles. The van der Waals surface area contributed by atoms with E-state index in [1.165, 1.54) is 11.8 Å². The number of carbonyl (C=O) groups is 4. The summed E-state index contributed by atoms with van der Waals surface area (Å²) in [4.78, 5) is 52.5. The van der Waals surface area contributed by atoms with Crippen LogP contribution < -0.4 is 4.90 Å². The van der Waals surface area contributed by atoms with Crippen molar-refractivity contribution >= 4 is 29.4 Å². The first-order valence-corrected chi connectivity index (χ1v) is 9.35. The van der Waals surface area contributed by atoms with Crippen LogP contribution in [0.4, 0.5) is 5.69 Å². The molecule has 1 heterocycles. The molecule has 2 aromatic carbocycles. The molecule has 0 N–H and O–H groups in total. The molecule has 1 aliphatic rings. The van der Waals surface area contributed by atoms with Crippen molar-refractivity contribution in [3.05, 3.63) is 65.2 Å². The van der Waals surface area contributed by atoms with E-state index in [-0.39, 0.29) is 11.1 Å². The molecule has 3 amide bonds. The van der Waals surface area contributed by atoms with E-state index in [1.807, 2.05) is 32.0 Å². The Morgan fingerprint density at radius 3 is 2.34 bits per heavy atom. The number of amides is 3. The van der Waals surface area contributed by atoms with Crippen molar-refractivity contribution in [2.45, 2.75) is 26.8 Å². The maximum Gasteiger partial charge on any atom is 0.329 e. The monoisotopic (exact) mass is 394 g/mol. The predicted molar refractivity (Wildman–Crippen MR) is 107 cm³/mol. The predicted octanol–water partition coefficient (Wildman–Crippen LogP) is 2.58. The van der Waals surface area contributed by atoms with Crippen LogP contribution >= 0.6 is 0 Å². The van der Waals surface area contributed by atoms with Gasteiger partial charge in [0, 0.05) is 12.2 Å². The second-order valence-electron chi connectivity index (χ2n) is 6.79. The van der Waals surface area contributed by atoms with E-state index in [0.717, 1.165) is 10.5 Å². The minimum Gasteiger partial charge on any atom is -0.454 e. The van der Waals surface area contributed by atoms with Crippen molar-refractivity contribution in [2.75, 3.05) is 18.1 Å². The van der Waals surface area contributed by atoms with Gasteiger partial charge in [-0.15, -0.1) is 0 Å². The molecular formula is C22H22N2O5.